The number of likely N-dealkylation sites (tertiary alicyclic amines) is 1. The van der Waals surface area contributed by atoms with Gasteiger partial charge in [-0.25, -0.2) is 9.37 Å². The number of pyridine rings is 1. The van der Waals surface area contributed by atoms with E-state index in [0.29, 0.717) is 45.8 Å². The number of ether oxygens (including phenoxy) is 2. The zero-order valence-electron chi connectivity index (χ0n) is 16.8. The van der Waals surface area contributed by atoms with Gasteiger partial charge in [-0.2, -0.15) is 0 Å². The molecule has 30 heavy (non-hydrogen) atoms. The summed E-state index contributed by atoms with van der Waals surface area (Å²) >= 11 is 0. The van der Waals surface area contributed by atoms with Crippen molar-refractivity contribution in [3.05, 3.63) is 60.0 Å². The molecule has 160 valence electrons. The van der Waals surface area contributed by atoms with Crippen LogP contribution in [0.4, 0.5) is 10.2 Å². The summed E-state index contributed by atoms with van der Waals surface area (Å²) < 4.78 is 25.0. The largest absolute Gasteiger partial charge is 0.372 e. The van der Waals surface area contributed by atoms with E-state index in [1.165, 1.54) is 12.1 Å². The second-order valence-corrected chi connectivity index (χ2v) is 7.72. The van der Waals surface area contributed by atoms with E-state index in [9.17, 15) is 9.18 Å². The predicted octanol–water partition coefficient (Wildman–Crippen LogP) is 1.46. The number of carbonyl (C=O) groups excluding carboxylic acids is 1. The average Bonchev–Trinajstić information content (AvgIpc) is 3.04. The molecule has 2 aliphatic heterocycles. The fourth-order valence-corrected chi connectivity index (χ4v) is 3.79. The summed E-state index contributed by atoms with van der Waals surface area (Å²) in [7, 11) is 0. The number of nitrogens with zero attached hydrogens (tertiary/aromatic N) is 2. The van der Waals surface area contributed by atoms with E-state index in [-0.39, 0.29) is 30.0 Å². The first-order chi connectivity index (χ1) is 14.7. The third-order valence-electron chi connectivity index (χ3n) is 5.35. The quantitative estimate of drug-likeness (QED) is 0.715. The van der Waals surface area contributed by atoms with Gasteiger partial charge >= 0.3 is 0 Å². The molecule has 2 saturated heterocycles. The number of carbonyl (C=O) groups is 1. The molecular weight excluding hydrogens is 387 g/mol. The molecule has 2 aromatic rings. The molecule has 2 atom stereocenters. The molecule has 0 radical (unpaired) electrons. The van der Waals surface area contributed by atoms with Crippen LogP contribution in [0.1, 0.15) is 5.56 Å². The van der Waals surface area contributed by atoms with Gasteiger partial charge in [0, 0.05) is 25.8 Å². The highest BCUT2D eigenvalue weighted by atomic mass is 19.1. The van der Waals surface area contributed by atoms with Crippen molar-refractivity contribution in [3.63, 3.8) is 0 Å². The van der Waals surface area contributed by atoms with Crippen LogP contribution in [-0.2, 0) is 20.7 Å². The first kappa shape index (κ1) is 20.7. The van der Waals surface area contributed by atoms with Crippen LogP contribution in [-0.4, -0.2) is 73.4 Å². The van der Waals surface area contributed by atoms with E-state index in [0.717, 1.165) is 11.4 Å². The average molecular weight is 414 g/mol. The number of hydrogen-bond acceptors (Lipinski definition) is 6. The van der Waals surface area contributed by atoms with Gasteiger partial charge in [-0.3, -0.25) is 9.69 Å². The van der Waals surface area contributed by atoms with Crippen molar-refractivity contribution in [2.75, 3.05) is 44.7 Å². The summed E-state index contributed by atoms with van der Waals surface area (Å²) in [6, 6.07) is 12.1. The molecule has 4 rings (SSSR count). The van der Waals surface area contributed by atoms with Crippen LogP contribution in [0.2, 0.25) is 0 Å². The van der Waals surface area contributed by atoms with Gasteiger partial charge in [-0.1, -0.05) is 18.2 Å². The number of benzene rings is 1. The lowest BCUT2D eigenvalue weighted by Gasteiger charge is -2.19. The zero-order chi connectivity index (χ0) is 20.8. The van der Waals surface area contributed by atoms with Gasteiger partial charge in [0.15, 0.2) is 0 Å². The maximum atomic E-state index is 12.9. The summed E-state index contributed by atoms with van der Waals surface area (Å²) in [6.07, 6.45) is 2.35. The number of fused-ring (bicyclic) bond motifs is 1. The van der Waals surface area contributed by atoms with Crippen LogP contribution in [0.25, 0.3) is 0 Å². The van der Waals surface area contributed by atoms with Crippen LogP contribution in [0.3, 0.4) is 0 Å². The standard InChI is InChI=1S/C22H27FN4O3/c23-17-6-4-16(5-7-17)8-10-25-22(28)13-27-11-19-20(12-27)30-15-18(14-29-19)26-21-3-1-2-9-24-21/h1-7,9,18-20H,8,10-15H2,(H,24,26)(H,25,28)/t19-,20-/m0/s1. The van der Waals surface area contributed by atoms with E-state index < -0.39 is 0 Å². The van der Waals surface area contributed by atoms with Gasteiger partial charge < -0.3 is 20.1 Å². The molecule has 0 spiro atoms. The Morgan fingerprint density at radius 2 is 1.83 bits per heavy atom. The minimum absolute atomic E-state index is 0.0248. The fraction of sp³-hybridized carbons (Fsp3) is 0.455. The van der Waals surface area contributed by atoms with E-state index in [2.05, 4.69) is 20.5 Å². The number of halogens is 1. The van der Waals surface area contributed by atoms with Gasteiger partial charge in [-0.05, 0) is 36.2 Å². The van der Waals surface area contributed by atoms with E-state index in [1.54, 1.807) is 18.3 Å². The minimum atomic E-state index is -0.252. The normalized spacial score (nSPS) is 22.3. The van der Waals surface area contributed by atoms with Crippen LogP contribution in [0.5, 0.6) is 0 Å². The van der Waals surface area contributed by atoms with Crippen LogP contribution in [0.15, 0.2) is 48.7 Å². The van der Waals surface area contributed by atoms with Crippen molar-refractivity contribution in [2.45, 2.75) is 24.7 Å². The second kappa shape index (κ2) is 9.97. The topological polar surface area (TPSA) is 75.7 Å². The Bertz CT molecular complexity index is 805. The van der Waals surface area contributed by atoms with Crippen molar-refractivity contribution in [3.8, 4) is 0 Å². The maximum absolute atomic E-state index is 12.9. The number of anilines is 1. The molecule has 0 saturated carbocycles. The molecule has 2 N–H and O–H groups in total. The first-order valence-corrected chi connectivity index (χ1v) is 10.3. The lowest BCUT2D eigenvalue weighted by Crippen LogP contribution is -2.38. The molecule has 0 bridgehead atoms. The van der Waals surface area contributed by atoms with Gasteiger partial charge in [0.2, 0.25) is 5.91 Å². The molecule has 0 aliphatic carbocycles. The Hall–Kier alpha value is -2.55. The predicted molar refractivity (Wildman–Crippen MR) is 111 cm³/mol. The third-order valence-corrected chi connectivity index (χ3v) is 5.35. The van der Waals surface area contributed by atoms with Gasteiger partial charge in [0.1, 0.15) is 11.6 Å². The molecule has 2 aliphatic rings. The first-order valence-electron chi connectivity index (χ1n) is 10.3. The Kier molecular flexibility index (Phi) is 6.88. The van der Waals surface area contributed by atoms with Crippen molar-refractivity contribution in [2.24, 2.45) is 0 Å². The number of nitrogens with one attached hydrogen (secondary N) is 2. The summed E-state index contributed by atoms with van der Waals surface area (Å²) in [4.78, 5) is 18.6. The lowest BCUT2D eigenvalue weighted by molar-refractivity contribution is -0.122. The second-order valence-electron chi connectivity index (χ2n) is 7.72. The van der Waals surface area contributed by atoms with Crippen LogP contribution in [0, 0.1) is 5.82 Å². The number of rotatable bonds is 7. The highest BCUT2D eigenvalue weighted by Crippen LogP contribution is 2.21. The number of hydrogen-bond donors (Lipinski definition) is 2. The fourth-order valence-electron chi connectivity index (χ4n) is 3.79. The zero-order valence-corrected chi connectivity index (χ0v) is 16.8. The molecule has 8 heteroatoms. The summed E-state index contributed by atoms with van der Waals surface area (Å²) in [5.74, 6) is 0.529. The Morgan fingerprint density at radius 1 is 1.10 bits per heavy atom. The molecule has 7 nitrogen and oxygen atoms in total. The van der Waals surface area contributed by atoms with Gasteiger partial charge in [-0.15, -0.1) is 0 Å². The summed E-state index contributed by atoms with van der Waals surface area (Å²) in [6.45, 7) is 3.27. The smallest absolute Gasteiger partial charge is 0.234 e. The van der Waals surface area contributed by atoms with Crippen molar-refractivity contribution in [1.82, 2.24) is 15.2 Å². The molecule has 0 unspecified atom stereocenters. The van der Waals surface area contributed by atoms with E-state index >= 15 is 0 Å². The number of amides is 1. The highest BCUT2D eigenvalue weighted by molar-refractivity contribution is 5.78. The van der Waals surface area contributed by atoms with Crippen LogP contribution >= 0.6 is 0 Å². The van der Waals surface area contributed by atoms with Gasteiger partial charge in [0.25, 0.3) is 0 Å². The molecule has 3 heterocycles. The summed E-state index contributed by atoms with van der Waals surface area (Å²) in [5.41, 5.74) is 0.996. The van der Waals surface area contributed by atoms with Crippen molar-refractivity contribution >= 4 is 11.7 Å². The Morgan fingerprint density at radius 3 is 2.50 bits per heavy atom. The van der Waals surface area contributed by atoms with E-state index in [4.69, 9.17) is 9.47 Å². The minimum Gasteiger partial charge on any atom is -0.372 e. The van der Waals surface area contributed by atoms with Crippen molar-refractivity contribution in [1.29, 1.82) is 0 Å². The van der Waals surface area contributed by atoms with Gasteiger partial charge in [0.05, 0.1) is 38.0 Å². The molecular formula is C22H27FN4O3. The third kappa shape index (κ3) is 5.75. The van der Waals surface area contributed by atoms with Crippen LogP contribution < -0.4 is 10.6 Å². The lowest BCUT2D eigenvalue weighted by atomic mass is 10.1. The van der Waals surface area contributed by atoms with Crippen molar-refractivity contribution < 1.29 is 18.7 Å². The Labute approximate surface area is 175 Å². The monoisotopic (exact) mass is 414 g/mol. The molecule has 1 aromatic heterocycles. The maximum Gasteiger partial charge on any atom is 0.234 e. The Balaban J connectivity index is 1.17. The summed E-state index contributed by atoms with van der Waals surface area (Å²) in [5, 5.41) is 6.26. The SMILES string of the molecule is O=C(CN1C[C@@H]2OCC(Nc3ccccn3)CO[C@H]2C1)NCCc1ccc(F)cc1. The van der Waals surface area contributed by atoms with E-state index in [1.807, 2.05) is 18.2 Å². The molecule has 1 aromatic carbocycles. The molecule has 2 fully saturated rings. The molecule has 1 amide bonds. The highest BCUT2D eigenvalue weighted by Gasteiger charge is 2.37. The number of aromatic nitrogens is 1.